The first kappa shape index (κ1) is 61.3. The van der Waals surface area contributed by atoms with Gasteiger partial charge in [-0.05, 0) is 45.6 Å². The van der Waals surface area contributed by atoms with Crippen LogP contribution in [0.3, 0.4) is 0 Å². The summed E-state index contributed by atoms with van der Waals surface area (Å²) in [6.07, 6.45) is 4.62. The Hall–Kier alpha value is -4.22. The van der Waals surface area contributed by atoms with Crippen molar-refractivity contribution in [2.45, 2.75) is 189 Å². The van der Waals surface area contributed by atoms with E-state index in [0.717, 1.165) is 5.56 Å². The van der Waals surface area contributed by atoms with E-state index in [-0.39, 0.29) is 31.6 Å². The molecule has 0 radical (unpaired) electrons. The Morgan fingerprint density at radius 3 is 1.89 bits per heavy atom. The lowest BCUT2D eigenvalue weighted by atomic mass is 9.82. The highest BCUT2D eigenvalue weighted by molar-refractivity contribution is 5.80. The molecule has 10 unspecified atom stereocenters. The van der Waals surface area contributed by atoms with E-state index in [0.29, 0.717) is 0 Å². The second kappa shape index (κ2) is 30.4. The number of aliphatic hydroxyl groups is 10. The first-order valence-corrected chi connectivity index (χ1v) is 25.4. The van der Waals surface area contributed by atoms with Gasteiger partial charge in [0.1, 0.15) is 12.2 Å². The lowest BCUT2D eigenvalue weighted by molar-refractivity contribution is -0.307. The van der Waals surface area contributed by atoms with Crippen molar-refractivity contribution < 1.29 is 79.6 Å². The Morgan fingerprint density at radius 1 is 0.685 bits per heavy atom. The third-order valence-corrected chi connectivity index (χ3v) is 13.7. The number of hydrogen-bond acceptors (Lipinski definition) is 17. The number of carbonyl (C=O) groups excluding carboxylic acids is 2. The predicted octanol–water partition coefficient (Wildman–Crippen LogP) is 2.50. The summed E-state index contributed by atoms with van der Waals surface area (Å²) in [7, 11) is 0. The second-order valence-electron chi connectivity index (χ2n) is 19.9. The number of esters is 1. The van der Waals surface area contributed by atoms with E-state index in [2.05, 4.69) is 5.32 Å². The first-order chi connectivity index (χ1) is 34.6. The third-order valence-electron chi connectivity index (χ3n) is 13.7. The number of rotatable bonds is 5. The molecule has 3 heterocycles. The van der Waals surface area contributed by atoms with Crippen LogP contribution < -0.4 is 11.1 Å². The van der Waals surface area contributed by atoms with E-state index in [1.54, 1.807) is 70.2 Å². The van der Waals surface area contributed by atoms with Crippen LogP contribution in [0, 0.1) is 17.8 Å². The van der Waals surface area contributed by atoms with Gasteiger partial charge < -0.3 is 81.1 Å². The quantitative estimate of drug-likeness (QED) is 0.189. The Labute approximate surface area is 429 Å². The molecule has 3 aliphatic heterocycles. The zero-order valence-electron chi connectivity index (χ0n) is 42.6. The fourth-order valence-corrected chi connectivity index (χ4v) is 9.12. The first-order valence-electron chi connectivity index (χ1n) is 25.4. The molecule has 18 nitrogen and oxygen atoms in total. The molecule has 18 heteroatoms. The van der Waals surface area contributed by atoms with Crippen LogP contribution in [0.4, 0.5) is 0 Å². The number of amides is 1. The van der Waals surface area contributed by atoms with E-state index in [9.17, 15) is 60.7 Å². The fraction of sp³-hybridized carbons (Fsp3) is 0.600. The molecule has 2 fully saturated rings. The van der Waals surface area contributed by atoms with Gasteiger partial charge in [0.15, 0.2) is 12.1 Å². The summed E-state index contributed by atoms with van der Waals surface area (Å²) in [5.74, 6) is -5.67. The molecule has 0 saturated carbocycles. The highest BCUT2D eigenvalue weighted by Gasteiger charge is 2.51. The third kappa shape index (κ3) is 20.1. The fourth-order valence-electron chi connectivity index (χ4n) is 9.12. The minimum absolute atomic E-state index is 0.0974. The molecule has 0 spiro atoms. The highest BCUT2D eigenvalue weighted by atomic mass is 16.7. The number of aliphatic hydroxyl groups excluding tert-OH is 9. The number of fused-ring (bicyclic) bond motifs is 2. The van der Waals surface area contributed by atoms with Crippen molar-refractivity contribution in [2.24, 2.45) is 23.5 Å². The van der Waals surface area contributed by atoms with Crippen LogP contribution in [0.25, 0.3) is 0 Å². The number of nitrogens with two attached hydrogens (primary N) is 1. The largest absolute Gasteiger partial charge is 0.462 e. The van der Waals surface area contributed by atoms with Gasteiger partial charge in [0.05, 0.1) is 91.6 Å². The molecule has 20 atom stereocenters. The van der Waals surface area contributed by atoms with E-state index < -0.39 is 153 Å². The number of hydrogen-bond donors (Lipinski definition) is 12. The van der Waals surface area contributed by atoms with Crippen molar-refractivity contribution >= 4 is 11.9 Å². The predicted molar refractivity (Wildman–Crippen MR) is 272 cm³/mol. The van der Waals surface area contributed by atoms with Gasteiger partial charge in [-0.1, -0.05) is 129 Å². The standard InChI is InChI=1S/C55H82N2O16/c1-33-21-17-14-12-10-8-6-7-9-11-13-15-20-24-42(72-54-52(67)49(56)51(66)37(5)71-54)30-46-48(53(68)57-35(3)38-22-18-16-19-23-38)45(63)32-55(69,73-46)31-41(60)28-44(62)43(61)26-25-39(58)27-40(59)29-47(64)70-36(4)34(2)50(33)65/h6-24,33-37,39-46,48-52,54,58-63,65-67,69H,25-32,56H2,1-5H3,(H,57,68)/t33?,34?,35-,36?,37?,39-,40-,41+,42+,43-,44-,45?,46?,48-,49?,50-,51?,52?,54?,55-/m1/s1. The second-order valence-corrected chi connectivity index (χ2v) is 19.9. The lowest BCUT2D eigenvalue weighted by Crippen LogP contribution is -2.62. The van der Waals surface area contributed by atoms with Crippen LogP contribution in [0.5, 0.6) is 0 Å². The summed E-state index contributed by atoms with van der Waals surface area (Å²) in [6, 6.07) is 7.47. The summed E-state index contributed by atoms with van der Waals surface area (Å²) >= 11 is 0. The van der Waals surface area contributed by atoms with E-state index in [1.165, 1.54) is 0 Å². The van der Waals surface area contributed by atoms with Gasteiger partial charge >= 0.3 is 5.97 Å². The van der Waals surface area contributed by atoms with Gasteiger partial charge in [0.25, 0.3) is 0 Å². The molecule has 1 aromatic rings. The van der Waals surface area contributed by atoms with Crippen LogP contribution in [0.2, 0.25) is 0 Å². The molecular formula is C55H82N2O16. The van der Waals surface area contributed by atoms with Crippen LogP contribution in [-0.4, -0.2) is 160 Å². The van der Waals surface area contributed by atoms with Crippen molar-refractivity contribution in [1.29, 1.82) is 0 Å². The van der Waals surface area contributed by atoms with Crippen LogP contribution in [0.15, 0.2) is 115 Å². The van der Waals surface area contributed by atoms with E-state index in [1.807, 2.05) is 79.8 Å². The van der Waals surface area contributed by atoms with Gasteiger partial charge in [-0.15, -0.1) is 0 Å². The number of ether oxygens (including phenoxy) is 4. The van der Waals surface area contributed by atoms with Crippen LogP contribution in [0.1, 0.15) is 97.6 Å². The molecule has 0 aliphatic carbocycles. The van der Waals surface area contributed by atoms with Gasteiger partial charge in [-0.25, -0.2) is 0 Å². The molecule has 2 bridgehead atoms. The maximum absolute atomic E-state index is 14.2. The van der Waals surface area contributed by atoms with E-state index in [4.69, 9.17) is 24.7 Å². The van der Waals surface area contributed by atoms with Gasteiger partial charge in [0, 0.05) is 37.5 Å². The smallest absolute Gasteiger partial charge is 0.308 e. The minimum atomic E-state index is -2.29. The summed E-state index contributed by atoms with van der Waals surface area (Å²) in [6.45, 7) is 8.57. The molecule has 0 aromatic heterocycles. The molecular weight excluding hydrogens is 945 g/mol. The Kier molecular flexibility index (Phi) is 25.5. The van der Waals surface area contributed by atoms with Crippen molar-refractivity contribution in [3.8, 4) is 0 Å². The average molecular weight is 1030 g/mol. The van der Waals surface area contributed by atoms with Gasteiger partial charge in [-0.2, -0.15) is 0 Å². The minimum Gasteiger partial charge on any atom is -0.462 e. The topological polar surface area (TPSA) is 311 Å². The average Bonchev–Trinajstić information content (AvgIpc) is 3.32. The maximum atomic E-state index is 14.2. The Morgan fingerprint density at radius 2 is 1.27 bits per heavy atom. The molecule has 3 aliphatic rings. The van der Waals surface area contributed by atoms with Crippen molar-refractivity contribution in [1.82, 2.24) is 5.32 Å². The highest BCUT2D eigenvalue weighted by Crippen LogP contribution is 2.38. The Balaban J connectivity index is 1.62. The summed E-state index contributed by atoms with van der Waals surface area (Å²) in [4.78, 5) is 26.9. The SMILES string of the molecule is CC1OC(O[C@H]2C=CC=CC=CC=CC=CC=CC=CC(C)[C@@H](O)C(C)C(C)OC(=O)C[C@H](O)C[C@H](O)CC[C@@H](O)[C@H](O)C[C@H](O)C[C@]3(O)CC(O)[C@@H](C(=O)N[C@H](C)c4ccccc4)C(C2)O3)C(O)C(N)C1O. The number of cyclic esters (lactones) is 1. The van der Waals surface area contributed by atoms with Crippen LogP contribution >= 0.6 is 0 Å². The normalized spacial score (nSPS) is 39.1. The summed E-state index contributed by atoms with van der Waals surface area (Å²) in [5.41, 5.74) is 6.92. The van der Waals surface area contributed by atoms with Crippen molar-refractivity contribution in [3.63, 3.8) is 0 Å². The molecule has 1 aromatic carbocycles. The molecule has 73 heavy (non-hydrogen) atoms. The van der Waals surface area contributed by atoms with Crippen LogP contribution in [-0.2, 0) is 28.5 Å². The monoisotopic (exact) mass is 1030 g/mol. The summed E-state index contributed by atoms with van der Waals surface area (Å²) in [5, 5.41) is 113. The zero-order chi connectivity index (χ0) is 53.8. The number of nitrogens with one attached hydrogen (secondary N) is 1. The molecule has 2 saturated heterocycles. The molecule has 4 rings (SSSR count). The summed E-state index contributed by atoms with van der Waals surface area (Å²) < 4.78 is 23.9. The maximum Gasteiger partial charge on any atom is 0.308 e. The molecule has 1 amide bonds. The zero-order valence-corrected chi connectivity index (χ0v) is 42.6. The Bertz CT molecular complexity index is 2030. The number of benzene rings is 1. The number of allylic oxidation sites excluding steroid dienone is 12. The molecule has 408 valence electrons. The molecule has 13 N–H and O–H groups in total. The van der Waals surface area contributed by atoms with Gasteiger partial charge in [0.2, 0.25) is 5.91 Å². The van der Waals surface area contributed by atoms with E-state index >= 15 is 0 Å². The van der Waals surface area contributed by atoms with Crippen molar-refractivity contribution in [3.05, 3.63) is 121 Å². The van der Waals surface area contributed by atoms with Crippen molar-refractivity contribution in [2.75, 3.05) is 0 Å². The van der Waals surface area contributed by atoms with Gasteiger partial charge in [-0.3, -0.25) is 9.59 Å². The number of carbonyl (C=O) groups is 2. The lowest BCUT2D eigenvalue weighted by Gasteiger charge is -2.46.